The molecule has 0 aliphatic heterocycles. The second-order valence-corrected chi connectivity index (χ2v) is 3.90. The number of amides is 1. The monoisotopic (exact) mass is 253 g/mol. The quantitative estimate of drug-likeness (QED) is 0.823. The van der Waals surface area contributed by atoms with Crippen molar-refractivity contribution in [3.63, 3.8) is 0 Å². The Morgan fingerprint density at radius 3 is 2.61 bits per heavy atom. The van der Waals surface area contributed by atoms with E-state index < -0.39 is 0 Å². The molecule has 0 aromatic heterocycles. The van der Waals surface area contributed by atoms with Crippen LogP contribution < -0.4 is 9.47 Å². The van der Waals surface area contributed by atoms with Crippen molar-refractivity contribution in [1.82, 2.24) is 4.90 Å². The van der Waals surface area contributed by atoms with Crippen LogP contribution in [-0.2, 0) is 11.3 Å². The predicted molar refractivity (Wildman–Crippen MR) is 67.7 cm³/mol. The zero-order chi connectivity index (χ0) is 13.5. The predicted octanol–water partition coefficient (Wildman–Crippen LogP) is 1.04. The molecule has 0 unspecified atom stereocenters. The molecule has 0 aliphatic rings. The van der Waals surface area contributed by atoms with Gasteiger partial charge in [0.15, 0.2) is 0 Å². The third-order valence-electron chi connectivity index (χ3n) is 2.65. The Morgan fingerprint density at radius 2 is 2.06 bits per heavy atom. The highest BCUT2D eigenvalue weighted by Gasteiger charge is 2.12. The van der Waals surface area contributed by atoms with Crippen LogP contribution in [0.1, 0.15) is 12.0 Å². The van der Waals surface area contributed by atoms with Crippen molar-refractivity contribution >= 4 is 5.91 Å². The number of methoxy groups -OCH3 is 2. The number of hydrogen-bond acceptors (Lipinski definition) is 4. The van der Waals surface area contributed by atoms with Crippen molar-refractivity contribution in [2.75, 3.05) is 27.9 Å². The second kappa shape index (κ2) is 6.86. The maximum Gasteiger partial charge on any atom is 0.224 e. The van der Waals surface area contributed by atoms with Crippen molar-refractivity contribution in [1.29, 1.82) is 0 Å². The molecule has 100 valence electrons. The summed E-state index contributed by atoms with van der Waals surface area (Å²) in [6, 6.07) is 5.44. The Hall–Kier alpha value is -1.75. The van der Waals surface area contributed by atoms with Crippen LogP contribution in [0.15, 0.2) is 18.2 Å². The number of ether oxygens (including phenoxy) is 2. The third kappa shape index (κ3) is 3.63. The summed E-state index contributed by atoms with van der Waals surface area (Å²) < 4.78 is 10.4. The maximum atomic E-state index is 11.6. The maximum absolute atomic E-state index is 11.6. The molecule has 0 radical (unpaired) electrons. The number of benzene rings is 1. The minimum absolute atomic E-state index is 0.109. The van der Waals surface area contributed by atoms with Crippen LogP contribution in [0.4, 0.5) is 0 Å². The minimum Gasteiger partial charge on any atom is -0.497 e. The molecule has 18 heavy (non-hydrogen) atoms. The van der Waals surface area contributed by atoms with Crippen molar-refractivity contribution in [3.05, 3.63) is 23.8 Å². The molecule has 0 spiro atoms. The molecule has 1 N–H and O–H groups in total. The first-order chi connectivity index (χ1) is 8.62. The van der Waals surface area contributed by atoms with Gasteiger partial charge >= 0.3 is 0 Å². The van der Waals surface area contributed by atoms with E-state index >= 15 is 0 Å². The van der Waals surface area contributed by atoms with Gasteiger partial charge in [0.25, 0.3) is 0 Å². The highest BCUT2D eigenvalue weighted by atomic mass is 16.5. The minimum atomic E-state index is -0.140. The molecular formula is C13H19NO4. The zero-order valence-electron chi connectivity index (χ0n) is 11.0. The summed E-state index contributed by atoms with van der Waals surface area (Å²) in [5.74, 6) is 1.32. The van der Waals surface area contributed by atoms with Gasteiger partial charge < -0.3 is 19.5 Å². The van der Waals surface area contributed by atoms with Gasteiger partial charge in [-0.2, -0.15) is 0 Å². The fourth-order valence-corrected chi connectivity index (χ4v) is 1.64. The first kappa shape index (κ1) is 14.3. The molecule has 0 aliphatic carbocycles. The SMILES string of the molecule is COc1ccc(OC)c(CN(C)C(=O)CCO)c1. The molecule has 5 nitrogen and oxygen atoms in total. The van der Waals surface area contributed by atoms with Gasteiger partial charge in [0.2, 0.25) is 5.91 Å². The molecule has 0 bridgehead atoms. The normalized spacial score (nSPS) is 10.0. The highest BCUT2D eigenvalue weighted by Crippen LogP contribution is 2.25. The van der Waals surface area contributed by atoms with E-state index in [9.17, 15) is 4.79 Å². The number of nitrogens with zero attached hydrogens (tertiary/aromatic N) is 1. The van der Waals surface area contributed by atoms with Crippen LogP contribution in [0.5, 0.6) is 11.5 Å². The highest BCUT2D eigenvalue weighted by molar-refractivity contribution is 5.76. The molecule has 0 atom stereocenters. The summed E-state index contributed by atoms with van der Waals surface area (Å²) in [6.07, 6.45) is 0.128. The van der Waals surface area contributed by atoms with Crippen molar-refractivity contribution in [3.8, 4) is 11.5 Å². The van der Waals surface area contributed by atoms with Crippen LogP contribution in [0.25, 0.3) is 0 Å². The van der Waals surface area contributed by atoms with Gasteiger partial charge in [-0.05, 0) is 18.2 Å². The van der Waals surface area contributed by atoms with Gasteiger partial charge in [0, 0.05) is 25.6 Å². The fourth-order valence-electron chi connectivity index (χ4n) is 1.64. The van der Waals surface area contributed by atoms with Gasteiger partial charge in [0.1, 0.15) is 11.5 Å². The summed E-state index contributed by atoms with van der Waals surface area (Å²) in [4.78, 5) is 13.1. The van der Waals surface area contributed by atoms with Gasteiger partial charge in [-0.1, -0.05) is 0 Å². The number of rotatable bonds is 6. The van der Waals surface area contributed by atoms with Gasteiger partial charge in [-0.3, -0.25) is 4.79 Å². The zero-order valence-corrected chi connectivity index (χ0v) is 11.0. The summed E-state index contributed by atoms with van der Waals surface area (Å²) in [7, 11) is 4.87. The summed E-state index contributed by atoms with van der Waals surface area (Å²) in [6.45, 7) is 0.275. The molecule has 0 heterocycles. The molecule has 0 saturated carbocycles. The van der Waals surface area contributed by atoms with Crippen LogP contribution in [0.3, 0.4) is 0 Å². The Morgan fingerprint density at radius 1 is 1.33 bits per heavy atom. The number of aliphatic hydroxyl groups excluding tert-OH is 1. The number of carbonyl (C=O) groups excluding carboxylic acids is 1. The van der Waals surface area contributed by atoms with E-state index in [0.717, 1.165) is 5.56 Å². The van der Waals surface area contributed by atoms with E-state index in [4.69, 9.17) is 14.6 Å². The van der Waals surface area contributed by atoms with Crippen molar-refractivity contribution in [2.24, 2.45) is 0 Å². The lowest BCUT2D eigenvalue weighted by Gasteiger charge is -2.19. The fraction of sp³-hybridized carbons (Fsp3) is 0.462. The average molecular weight is 253 g/mol. The lowest BCUT2D eigenvalue weighted by molar-refractivity contribution is -0.131. The smallest absolute Gasteiger partial charge is 0.224 e. The molecule has 1 rings (SSSR count). The summed E-state index contributed by atoms with van der Waals surface area (Å²) >= 11 is 0. The molecule has 1 amide bonds. The Labute approximate surface area is 107 Å². The molecular weight excluding hydrogens is 234 g/mol. The van der Waals surface area contributed by atoms with Gasteiger partial charge in [-0.15, -0.1) is 0 Å². The summed E-state index contributed by atoms with van der Waals surface area (Å²) in [5, 5.41) is 8.74. The van der Waals surface area contributed by atoms with Crippen LogP contribution in [-0.4, -0.2) is 43.8 Å². The van der Waals surface area contributed by atoms with Gasteiger partial charge in [0.05, 0.1) is 20.8 Å². The molecule has 0 fully saturated rings. The Bertz CT molecular complexity index is 406. The summed E-state index contributed by atoms with van der Waals surface area (Å²) in [5.41, 5.74) is 0.866. The standard InChI is InChI=1S/C13H19NO4/c1-14(13(16)6-7-15)9-10-8-11(17-2)4-5-12(10)18-3/h4-5,8,15H,6-7,9H2,1-3H3. The van der Waals surface area contributed by atoms with E-state index in [0.29, 0.717) is 18.0 Å². The number of aliphatic hydroxyl groups is 1. The molecule has 0 saturated heterocycles. The average Bonchev–Trinajstić information content (AvgIpc) is 2.38. The lowest BCUT2D eigenvalue weighted by atomic mass is 10.1. The van der Waals surface area contributed by atoms with Crippen LogP contribution >= 0.6 is 0 Å². The second-order valence-electron chi connectivity index (χ2n) is 3.90. The number of carbonyl (C=O) groups is 1. The first-order valence-electron chi connectivity index (χ1n) is 5.68. The largest absolute Gasteiger partial charge is 0.497 e. The van der Waals surface area contributed by atoms with E-state index in [-0.39, 0.29) is 18.9 Å². The number of hydrogen-bond donors (Lipinski definition) is 1. The lowest BCUT2D eigenvalue weighted by Crippen LogP contribution is -2.26. The van der Waals surface area contributed by atoms with E-state index in [1.807, 2.05) is 6.07 Å². The van der Waals surface area contributed by atoms with E-state index in [2.05, 4.69) is 0 Å². The van der Waals surface area contributed by atoms with E-state index in [1.165, 1.54) is 0 Å². The molecule has 5 heteroatoms. The Balaban J connectivity index is 2.84. The van der Waals surface area contributed by atoms with Gasteiger partial charge in [-0.25, -0.2) is 0 Å². The molecule has 1 aromatic carbocycles. The topological polar surface area (TPSA) is 59.0 Å². The molecule has 1 aromatic rings. The van der Waals surface area contributed by atoms with Crippen LogP contribution in [0.2, 0.25) is 0 Å². The van der Waals surface area contributed by atoms with Crippen LogP contribution in [0, 0.1) is 0 Å². The van der Waals surface area contributed by atoms with Crippen molar-refractivity contribution in [2.45, 2.75) is 13.0 Å². The van der Waals surface area contributed by atoms with Crippen molar-refractivity contribution < 1.29 is 19.4 Å². The Kier molecular flexibility index (Phi) is 5.45. The van der Waals surface area contributed by atoms with E-state index in [1.54, 1.807) is 38.3 Å². The third-order valence-corrected chi connectivity index (χ3v) is 2.65. The first-order valence-corrected chi connectivity index (χ1v) is 5.68.